The number of esters is 1. The Kier molecular flexibility index (Phi) is 6.19. The number of benzene rings is 3. The molecule has 29 heavy (non-hydrogen) atoms. The molecule has 0 unspecified atom stereocenters. The molecule has 0 aliphatic heterocycles. The van der Waals surface area contributed by atoms with Crippen molar-refractivity contribution in [3.63, 3.8) is 0 Å². The third kappa shape index (κ3) is 4.57. The SMILES string of the molecule is COC(=O)c1cc(OC)c(OC)cc1NCC(=O)Nc1ccc2ccccc2c1. The molecule has 7 nitrogen and oxygen atoms in total. The zero-order valence-corrected chi connectivity index (χ0v) is 16.4. The number of methoxy groups -OCH3 is 3. The Hall–Kier alpha value is -3.74. The molecule has 0 atom stereocenters. The number of amides is 1. The molecule has 3 aromatic rings. The lowest BCUT2D eigenvalue weighted by Gasteiger charge is -2.15. The van der Waals surface area contributed by atoms with Crippen molar-refractivity contribution in [2.75, 3.05) is 38.5 Å². The summed E-state index contributed by atoms with van der Waals surface area (Å²) in [6.07, 6.45) is 0. The summed E-state index contributed by atoms with van der Waals surface area (Å²) >= 11 is 0. The van der Waals surface area contributed by atoms with E-state index in [1.54, 1.807) is 6.07 Å². The minimum absolute atomic E-state index is 0.0493. The van der Waals surface area contributed by atoms with Crippen LogP contribution >= 0.6 is 0 Å². The summed E-state index contributed by atoms with van der Waals surface area (Å²) in [5.41, 5.74) is 1.34. The van der Waals surface area contributed by atoms with Crippen LogP contribution in [0.1, 0.15) is 10.4 Å². The molecule has 2 N–H and O–H groups in total. The lowest BCUT2D eigenvalue weighted by Crippen LogP contribution is -2.22. The van der Waals surface area contributed by atoms with Gasteiger partial charge in [0, 0.05) is 17.8 Å². The molecule has 3 rings (SSSR count). The van der Waals surface area contributed by atoms with Gasteiger partial charge in [-0.25, -0.2) is 4.79 Å². The number of ether oxygens (including phenoxy) is 3. The van der Waals surface area contributed by atoms with Gasteiger partial charge in [-0.2, -0.15) is 0 Å². The Labute approximate surface area is 168 Å². The molecular weight excluding hydrogens is 372 g/mol. The van der Waals surface area contributed by atoms with Crippen molar-refractivity contribution >= 4 is 34.0 Å². The normalized spacial score (nSPS) is 10.3. The van der Waals surface area contributed by atoms with E-state index in [1.807, 2.05) is 42.5 Å². The van der Waals surface area contributed by atoms with Crippen LogP contribution in [0.2, 0.25) is 0 Å². The zero-order chi connectivity index (χ0) is 20.8. The third-order valence-electron chi connectivity index (χ3n) is 4.40. The minimum atomic E-state index is -0.552. The highest BCUT2D eigenvalue weighted by Gasteiger charge is 2.18. The molecule has 0 saturated heterocycles. The molecule has 3 aromatic carbocycles. The van der Waals surface area contributed by atoms with E-state index in [0.717, 1.165) is 10.8 Å². The van der Waals surface area contributed by atoms with E-state index < -0.39 is 5.97 Å². The highest BCUT2D eigenvalue weighted by molar-refractivity contribution is 5.99. The molecule has 0 spiro atoms. The average Bonchev–Trinajstić information content (AvgIpc) is 2.76. The van der Waals surface area contributed by atoms with Crippen molar-refractivity contribution < 1.29 is 23.8 Å². The third-order valence-corrected chi connectivity index (χ3v) is 4.40. The Morgan fingerprint density at radius 1 is 0.862 bits per heavy atom. The molecule has 0 fully saturated rings. The first-order chi connectivity index (χ1) is 14.0. The van der Waals surface area contributed by atoms with E-state index in [9.17, 15) is 9.59 Å². The summed E-state index contributed by atoms with van der Waals surface area (Å²) in [6.45, 7) is -0.0493. The quantitative estimate of drug-likeness (QED) is 0.595. The first kappa shape index (κ1) is 20.0. The lowest BCUT2D eigenvalue weighted by atomic mass is 10.1. The maximum absolute atomic E-state index is 12.4. The van der Waals surface area contributed by atoms with Crippen LogP contribution in [-0.4, -0.2) is 39.8 Å². The summed E-state index contributed by atoms with van der Waals surface area (Å²) in [5.74, 6) is 0.00549. The van der Waals surface area contributed by atoms with Gasteiger partial charge >= 0.3 is 5.97 Å². The van der Waals surface area contributed by atoms with Crippen molar-refractivity contribution in [3.05, 3.63) is 60.2 Å². The smallest absolute Gasteiger partial charge is 0.340 e. The fourth-order valence-electron chi connectivity index (χ4n) is 2.95. The van der Waals surface area contributed by atoms with Crippen LogP contribution in [0.5, 0.6) is 11.5 Å². The molecule has 0 radical (unpaired) electrons. The predicted octanol–water partition coefficient (Wildman–Crippen LogP) is 3.69. The summed E-state index contributed by atoms with van der Waals surface area (Å²) < 4.78 is 15.3. The van der Waals surface area contributed by atoms with Crippen LogP contribution in [0, 0.1) is 0 Å². The van der Waals surface area contributed by atoms with Gasteiger partial charge in [-0.15, -0.1) is 0 Å². The highest BCUT2D eigenvalue weighted by atomic mass is 16.5. The molecule has 0 aliphatic carbocycles. The first-order valence-electron chi connectivity index (χ1n) is 8.92. The topological polar surface area (TPSA) is 85.9 Å². The van der Waals surface area contributed by atoms with Crippen molar-refractivity contribution in [1.29, 1.82) is 0 Å². The Morgan fingerprint density at radius 3 is 2.24 bits per heavy atom. The molecule has 0 aromatic heterocycles. The minimum Gasteiger partial charge on any atom is -0.493 e. The van der Waals surface area contributed by atoms with Gasteiger partial charge in [0.15, 0.2) is 11.5 Å². The summed E-state index contributed by atoms with van der Waals surface area (Å²) in [6, 6.07) is 16.7. The second kappa shape index (κ2) is 8.97. The van der Waals surface area contributed by atoms with Crippen LogP contribution in [-0.2, 0) is 9.53 Å². The van der Waals surface area contributed by atoms with E-state index in [4.69, 9.17) is 14.2 Å². The number of anilines is 2. The van der Waals surface area contributed by atoms with Gasteiger partial charge < -0.3 is 24.8 Å². The van der Waals surface area contributed by atoms with Gasteiger partial charge in [0.25, 0.3) is 0 Å². The maximum Gasteiger partial charge on any atom is 0.340 e. The van der Waals surface area contributed by atoms with Crippen molar-refractivity contribution in [3.8, 4) is 11.5 Å². The number of rotatable bonds is 7. The van der Waals surface area contributed by atoms with Crippen LogP contribution in [0.3, 0.4) is 0 Å². The summed E-state index contributed by atoms with van der Waals surface area (Å²) in [5, 5.41) is 7.94. The first-order valence-corrected chi connectivity index (χ1v) is 8.92. The molecule has 0 aliphatic rings. The standard InChI is InChI=1S/C22H22N2O5/c1-27-19-11-17(22(26)29-3)18(12-20(19)28-2)23-13-21(25)24-16-9-8-14-6-4-5-7-15(14)10-16/h4-12,23H,13H2,1-3H3,(H,24,25). The maximum atomic E-state index is 12.4. The Bertz CT molecular complexity index is 1050. The molecule has 7 heteroatoms. The highest BCUT2D eigenvalue weighted by Crippen LogP contribution is 2.33. The van der Waals surface area contributed by atoms with Crippen LogP contribution in [0.4, 0.5) is 11.4 Å². The monoisotopic (exact) mass is 394 g/mol. The molecule has 0 heterocycles. The van der Waals surface area contributed by atoms with Gasteiger partial charge in [-0.1, -0.05) is 30.3 Å². The fourth-order valence-corrected chi connectivity index (χ4v) is 2.95. The van der Waals surface area contributed by atoms with E-state index in [-0.39, 0.29) is 18.0 Å². The number of hydrogen-bond acceptors (Lipinski definition) is 6. The Morgan fingerprint density at radius 2 is 1.55 bits per heavy atom. The summed E-state index contributed by atoms with van der Waals surface area (Å²) in [7, 11) is 4.25. The zero-order valence-electron chi connectivity index (χ0n) is 16.4. The van der Waals surface area contributed by atoms with Crippen molar-refractivity contribution in [2.45, 2.75) is 0 Å². The van der Waals surface area contributed by atoms with Gasteiger partial charge in [0.2, 0.25) is 5.91 Å². The van der Waals surface area contributed by atoms with E-state index in [1.165, 1.54) is 27.4 Å². The van der Waals surface area contributed by atoms with E-state index in [2.05, 4.69) is 10.6 Å². The second-order valence-electron chi connectivity index (χ2n) is 6.21. The number of carbonyl (C=O) groups excluding carboxylic acids is 2. The van der Waals surface area contributed by atoms with Gasteiger partial charge in [0.05, 0.1) is 39.1 Å². The summed E-state index contributed by atoms with van der Waals surface area (Å²) in [4.78, 5) is 24.5. The van der Waals surface area contributed by atoms with E-state index >= 15 is 0 Å². The molecule has 150 valence electrons. The average molecular weight is 394 g/mol. The Balaban J connectivity index is 1.75. The molecule has 0 bridgehead atoms. The van der Waals surface area contributed by atoms with Gasteiger partial charge in [-0.3, -0.25) is 4.79 Å². The van der Waals surface area contributed by atoms with E-state index in [0.29, 0.717) is 22.9 Å². The van der Waals surface area contributed by atoms with Crippen molar-refractivity contribution in [1.82, 2.24) is 0 Å². The van der Waals surface area contributed by atoms with Gasteiger partial charge in [0.1, 0.15) is 0 Å². The van der Waals surface area contributed by atoms with Crippen LogP contribution < -0.4 is 20.1 Å². The molecule has 0 saturated carbocycles. The van der Waals surface area contributed by atoms with Crippen LogP contribution in [0.25, 0.3) is 10.8 Å². The van der Waals surface area contributed by atoms with Crippen LogP contribution in [0.15, 0.2) is 54.6 Å². The number of fused-ring (bicyclic) bond motifs is 1. The lowest BCUT2D eigenvalue weighted by molar-refractivity contribution is -0.114. The second-order valence-corrected chi connectivity index (χ2v) is 6.21. The van der Waals surface area contributed by atoms with Gasteiger partial charge in [-0.05, 0) is 22.9 Å². The molecule has 1 amide bonds. The number of nitrogens with one attached hydrogen (secondary N) is 2. The molecular formula is C22H22N2O5. The fraction of sp³-hybridized carbons (Fsp3) is 0.182. The van der Waals surface area contributed by atoms with Crippen molar-refractivity contribution in [2.24, 2.45) is 0 Å². The number of hydrogen-bond donors (Lipinski definition) is 2. The number of carbonyl (C=O) groups is 2. The predicted molar refractivity (Wildman–Crippen MR) is 112 cm³/mol. The largest absolute Gasteiger partial charge is 0.493 e.